The first-order valence-corrected chi connectivity index (χ1v) is 3.27. The largest absolute Gasteiger partial charge is 0.431 e. The van der Waals surface area contributed by atoms with E-state index in [1.807, 2.05) is 0 Å². The predicted octanol–water partition coefficient (Wildman–Crippen LogP) is -0.325. The van der Waals surface area contributed by atoms with Crippen LogP contribution in [0.1, 0.15) is 0 Å². The van der Waals surface area contributed by atoms with Gasteiger partial charge in [-0.25, -0.2) is 0 Å². The standard InChI is InChI=1S/C3H4OSi/c1-5(2,3)4/h1-4H. The molecule has 0 aromatic carbocycles. The zero-order valence-electron chi connectivity index (χ0n) is 2.68. The van der Waals surface area contributed by atoms with Gasteiger partial charge in [0.15, 0.2) is 8.32 Å². The summed E-state index contributed by atoms with van der Waals surface area (Å²) in [7, 11) is -3.11. The normalized spacial score (nSPS) is 12.0. The molecule has 0 saturated carbocycles. The van der Waals surface area contributed by atoms with Crippen molar-refractivity contribution in [1.29, 1.82) is 0 Å². The predicted molar refractivity (Wildman–Crippen MR) is 20.9 cm³/mol. The first-order chi connectivity index (χ1) is 2.00. The molecule has 0 aliphatic heterocycles. The van der Waals surface area contributed by atoms with Crippen LogP contribution < -0.4 is 0 Å². The Hall–Kier alpha value is 0.177. The van der Waals surface area contributed by atoms with Gasteiger partial charge >= 0.3 is 0 Å². The van der Waals surface area contributed by atoms with Crippen LogP contribution in [0.5, 0.6) is 0 Å². The van der Waals surface area contributed by atoms with Crippen molar-refractivity contribution in [3.63, 3.8) is 0 Å². The molecule has 6 radical (unpaired) electrons. The van der Waals surface area contributed by atoms with Crippen LogP contribution in [0.25, 0.3) is 0 Å². The van der Waals surface area contributed by atoms with Crippen molar-refractivity contribution in [2.75, 3.05) is 0 Å². The zero-order valence-corrected chi connectivity index (χ0v) is 3.68. The molecule has 1 N–H and O–H groups in total. The molecular weight excluding hydrogens is 80.1 g/mol. The second kappa shape index (κ2) is 1.10. The third-order valence-electron chi connectivity index (χ3n) is 0. The van der Waals surface area contributed by atoms with Gasteiger partial charge in [0, 0.05) is 0 Å². The second-order valence-corrected chi connectivity index (χ2v) is 2.66. The Kier molecular flexibility index (Phi) is 1.14. The Labute approximate surface area is 33.8 Å². The van der Waals surface area contributed by atoms with E-state index in [1.165, 1.54) is 0 Å². The average Bonchev–Trinajstić information content (AvgIpc) is 0.722. The Balaban J connectivity index is 3.02. The van der Waals surface area contributed by atoms with E-state index in [0.29, 0.717) is 0 Å². The molecule has 0 aromatic heterocycles. The molecule has 0 saturated heterocycles. The molecule has 0 amide bonds. The van der Waals surface area contributed by atoms with Crippen molar-refractivity contribution in [1.82, 2.24) is 0 Å². The van der Waals surface area contributed by atoms with E-state index >= 15 is 0 Å². The molecule has 0 aliphatic carbocycles. The van der Waals surface area contributed by atoms with Gasteiger partial charge < -0.3 is 4.80 Å². The molecule has 0 aromatic rings. The first-order valence-electron chi connectivity index (χ1n) is 1.09. The van der Waals surface area contributed by atoms with Crippen LogP contribution in [-0.2, 0) is 0 Å². The van der Waals surface area contributed by atoms with Gasteiger partial charge in [-0.3, -0.25) is 0 Å². The van der Waals surface area contributed by atoms with E-state index in [1.54, 1.807) is 0 Å². The summed E-state index contributed by atoms with van der Waals surface area (Å²) in [6.07, 6.45) is 0. The summed E-state index contributed by atoms with van der Waals surface area (Å²) in [4.78, 5) is 7.99. The molecule has 26 valence electrons. The van der Waals surface area contributed by atoms with Gasteiger partial charge in [0.2, 0.25) is 0 Å². The minimum atomic E-state index is -3.11. The molecule has 0 bridgehead atoms. The summed E-state index contributed by atoms with van der Waals surface area (Å²) in [5.41, 5.74) is 0. The number of hydrogen-bond donors (Lipinski definition) is 1. The summed E-state index contributed by atoms with van der Waals surface area (Å²) in [5.74, 6) is 0. The molecule has 0 unspecified atom stereocenters. The first kappa shape index (κ1) is 5.18. The van der Waals surface area contributed by atoms with Crippen LogP contribution in [0.2, 0.25) is 0 Å². The lowest BCUT2D eigenvalue weighted by Crippen LogP contribution is -2.21. The van der Waals surface area contributed by atoms with Crippen LogP contribution in [0.4, 0.5) is 0 Å². The molecule has 0 aliphatic rings. The quantitative estimate of drug-likeness (QED) is 0.399. The van der Waals surface area contributed by atoms with Crippen molar-refractivity contribution in [2.24, 2.45) is 0 Å². The highest BCUT2D eigenvalue weighted by Crippen LogP contribution is 1.82. The minimum absolute atomic E-state index is 3.11. The van der Waals surface area contributed by atoms with Gasteiger partial charge in [0.1, 0.15) is 0 Å². The van der Waals surface area contributed by atoms with Crippen LogP contribution in [0.15, 0.2) is 0 Å². The molecule has 0 rings (SSSR count). The molecule has 5 heavy (non-hydrogen) atoms. The van der Waals surface area contributed by atoms with Gasteiger partial charge in [-0.2, -0.15) is 0 Å². The van der Waals surface area contributed by atoms with E-state index in [-0.39, 0.29) is 0 Å². The maximum absolute atomic E-state index is 7.99. The van der Waals surface area contributed by atoms with E-state index in [0.717, 1.165) is 0 Å². The molecule has 0 spiro atoms. The van der Waals surface area contributed by atoms with Crippen LogP contribution in [0.3, 0.4) is 0 Å². The maximum Gasteiger partial charge on any atom is 0.198 e. The lowest BCUT2D eigenvalue weighted by atomic mass is 11.8. The Bertz CT molecular complexity index is 22.4. The highest BCUT2D eigenvalue weighted by Gasteiger charge is 2.05. The topological polar surface area (TPSA) is 20.2 Å². The summed E-state index contributed by atoms with van der Waals surface area (Å²) in [6, 6.07) is 0. The van der Waals surface area contributed by atoms with Crippen LogP contribution >= 0.6 is 0 Å². The van der Waals surface area contributed by atoms with Gasteiger partial charge in [0.05, 0.1) is 0 Å². The van der Waals surface area contributed by atoms with Gasteiger partial charge in [0.25, 0.3) is 0 Å². The maximum atomic E-state index is 7.99. The average molecular weight is 84.1 g/mol. The van der Waals surface area contributed by atoms with E-state index in [4.69, 9.17) is 4.80 Å². The summed E-state index contributed by atoms with van der Waals surface area (Å²) >= 11 is 0. The lowest BCUT2D eigenvalue weighted by molar-refractivity contribution is 0.578. The fourth-order valence-electron chi connectivity index (χ4n) is 0. The van der Waals surface area contributed by atoms with E-state index < -0.39 is 8.32 Å². The van der Waals surface area contributed by atoms with Gasteiger partial charge in [-0.05, 0) is 19.6 Å². The molecular formula is C3H4OSi. The van der Waals surface area contributed by atoms with Crippen molar-refractivity contribution in [3.8, 4) is 0 Å². The highest BCUT2D eigenvalue weighted by molar-refractivity contribution is 6.77. The molecule has 0 heterocycles. The molecule has 0 fully saturated rings. The number of hydrogen-bond acceptors (Lipinski definition) is 1. The fraction of sp³-hybridized carbons (Fsp3) is 0. The molecule has 1 nitrogen and oxygen atoms in total. The van der Waals surface area contributed by atoms with Crippen molar-refractivity contribution < 1.29 is 4.80 Å². The van der Waals surface area contributed by atoms with E-state index in [9.17, 15) is 0 Å². The summed E-state index contributed by atoms with van der Waals surface area (Å²) in [6.45, 7) is 13.8. The second-order valence-electron chi connectivity index (χ2n) is 0.887. The Morgan fingerprint density at radius 3 is 1.20 bits per heavy atom. The Morgan fingerprint density at radius 1 is 1.20 bits per heavy atom. The zero-order chi connectivity index (χ0) is 4.50. The van der Waals surface area contributed by atoms with Crippen LogP contribution in [-0.4, -0.2) is 13.1 Å². The third kappa shape index (κ3) is 633. The van der Waals surface area contributed by atoms with Gasteiger partial charge in [-0.15, -0.1) is 0 Å². The smallest absolute Gasteiger partial charge is 0.198 e. The third-order valence-corrected chi connectivity index (χ3v) is 0. The number of rotatable bonds is 0. The SMILES string of the molecule is [CH][Si]([CH])([CH])O. The summed E-state index contributed by atoms with van der Waals surface area (Å²) in [5, 5.41) is 0. The molecule has 0 atom stereocenters. The summed E-state index contributed by atoms with van der Waals surface area (Å²) < 4.78 is 0. The molecule has 2 heteroatoms. The highest BCUT2D eigenvalue weighted by atomic mass is 28.4. The van der Waals surface area contributed by atoms with Crippen molar-refractivity contribution >= 4 is 8.32 Å². The monoisotopic (exact) mass is 84.0 g/mol. The van der Waals surface area contributed by atoms with Crippen molar-refractivity contribution in [3.05, 3.63) is 19.6 Å². The van der Waals surface area contributed by atoms with Crippen LogP contribution in [0, 0.1) is 19.6 Å². The fourth-order valence-corrected chi connectivity index (χ4v) is 0. The lowest BCUT2D eigenvalue weighted by Gasteiger charge is -1.98. The Morgan fingerprint density at radius 2 is 1.20 bits per heavy atom. The van der Waals surface area contributed by atoms with Gasteiger partial charge in [-0.1, -0.05) is 0 Å². The minimum Gasteiger partial charge on any atom is -0.431 e. The van der Waals surface area contributed by atoms with E-state index in [2.05, 4.69) is 19.6 Å². The van der Waals surface area contributed by atoms with Crippen molar-refractivity contribution in [2.45, 2.75) is 0 Å².